The summed E-state index contributed by atoms with van der Waals surface area (Å²) in [5.41, 5.74) is 5.62. The van der Waals surface area contributed by atoms with Crippen molar-refractivity contribution in [1.82, 2.24) is 4.98 Å². The minimum Gasteiger partial charge on any atom is -0.473 e. The summed E-state index contributed by atoms with van der Waals surface area (Å²) in [7, 11) is 1.54. The van der Waals surface area contributed by atoms with Crippen molar-refractivity contribution in [2.75, 3.05) is 7.11 Å². The summed E-state index contributed by atoms with van der Waals surface area (Å²) < 4.78 is 4.91. The molecule has 13 heavy (non-hydrogen) atoms. The van der Waals surface area contributed by atoms with E-state index < -0.39 is 11.6 Å². The highest BCUT2D eigenvalue weighted by Crippen LogP contribution is 2.27. The van der Waals surface area contributed by atoms with E-state index in [0.29, 0.717) is 10.9 Å². The van der Waals surface area contributed by atoms with E-state index >= 15 is 0 Å². The molecule has 1 aromatic heterocycles. The second-order valence-electron chi connectivity index (χ2n) is 3.47. The molecule has 0 fully saturated rings. The minimum absolute atomic E-state index is 0.540. The second-order valence-corrected chi connectivity index (χ2v) is 4.29. The lowest BCUT2D eigenvalue weighted by atomic mass is 9.97. The largest absolute Gasteiger partial charge is 0.473 e. The molecule has 74 valence electrons. The number of ether oxygens (including phenoxy) is 1. The van der Waals surface area contributed by atoms with Gasteiger partial charge in [0.05, 0.1) is 12.8 Å². The molecule has 0 aromatic carbocycles. The second kappa shape index (κ2) is 3.61. The van der Waals surface area contributed by atoms with Gasteiger partial charge in [0.2, 0.25) is 0 Å². The molecule has 0 aliphatic carbocycles. The van der Waals surface area contributed by atoms with Crippen LogP contribution in [0.15, 0.2) is 5.38 Å². The van der Waals surface area contributed by atoms with E-state index in [1.54, 1.807) is 26.3 Å². The normalized spacial score (nSPS) is 14.2. The minimum atomic E-state index is -0.757. The smallest absolute Gasteiger partial charge is 0.273 e. The maximum atomic E-state index is 9.73. The maximum absolute atomic E-state index is 9.73. The Morgan fingerprint density at radius 2 is 2.31 bits per heavy atom. The number of methoxy groups -OCH3 is 1. The highest BCUT2D eigenvalue weighted by molar-refractivity contribution is 7.11. The zero-order chi connectivity index (χ0) is 10.1. The number of nitrogens with zero attached hydrogens (tertiary/aromatic N) is 1. The molecule has 0 saturated heterocycles. The summed E-state index contributed by atoms with van der Waals surface area (Å²) >= 11 is 1.35. The Morgan fingerprint density at radius 3 is 2.69 bits per heavy atom. The number of aliphatic hydroxyl groups is 1. The molecule has 0 aliphatic rings. The Kier molecular flexibility index (Phi) is 2.90. The maximum Gasteiger partial charge on any atom is 0.273 e. The number of thiazole rings is 1. The molecule has 4 nitrogen and oxygen atoms in total. The van der Waals surface area contributed by atoms with Crippen molar-refractivity contribution in [3.8, 4) is 5.19 Å². The number of nitrogens with two attached hydrogens (primary N) is 1. The van der Waals surface area contributed by atoms with Crippen molar-refractivity contribution in [2.24, 2.45) is 5.73 Å². The first-order chi connectivity index (χ1) is 5.95. The van der Waals surface area contributed by atoms with E-state index in [-0.39, 0.29) is 0 Å². The molecule has 1 aromatic rings. The van der Waals surface area contributed by atoms with E-state index in [1.165, 1.54) is 11.3 Å². The summed E-state index contributed by atoms with van der Waals surface area (Å²) in [6.45, 7) is 3.51. The van der Waals surface area contributed by atoms with Gasteiger partial charge in [-0.15, -0.1) is 0 Å². The van der Waals surface area contributed by atoms with E-state index in [0.717, 1.165) is 0 Å². The zero-order valence-electron chi connectivity index (χ0n) is 7.94. The molecule has 0 amide bonds. The summed E-state index contributed by atoms with van der Waals surface area (Å²) in [6.07, 6.45) is -0.757. The fourth-order valence-corrected chi connectivity index (χ4v) is 1.53. The summed E-state index contributed by atoms with van der Waals surface area (Å²) in [4.78, 5) is 4.06. The van der Waals surface area contributed by atoms with Gasteiger partial charge in [-0.25, -0.2) is 4.98 Å². The quantitative estimate of drug-likeness (QED) is 0.765. The van der Waals surface area contributed by atoms with Gasteiger partial charge in [0.25, 0.3) is 5.19 Å². The van der Waals surface area contributed by atoms with Crippen molar-refractivity contribution >= 4 is 11.3 Å². The van der Waals surface area contributed by atoms with Gasteiger partial charge in [0.15, 0.2) is 0 Å². The van der Waals surface area contributed by atoms with Crippen molar-refractivity contribution in [3.05, 3.63) is 11.1 Å². The standard InChI is InChI=1S/C8H14N2O2S/c1-8(2,9)6(11)5-4-13-7(10-5)12-3/h4,6,11H,9H2,1-3H3. The van der Waals surface area contributed by atoms with Gasteiger partial charge < -0.3 is 15.6 Å². The van der Waals surface area contributed by atoms with Crippen molar-refractivity contribution < 1.29 is 9.84 Å². The number of hydrogen-bond acceptors (Lipinski definition) is 5. The monoisotopic (exact) mass is 202 g/mol. The van der Waals surface area contributed by atoms with Gasteiger partial charge >= 0.3 is 0 Å². The SMILES string of the molecule is COc1nc(C(O)C(C)(C)N)cs1. The molecular formula is C8H14N2O2S. The molecule has 0 bridgehead atoms. The molecule has 1 unspecified atom stereocenters. The van der Waals surface area contributed by atoms with E-state index in [2.05, 4.69) is 4.98 Å². The van der Waals surface area contributed by atoms with Crippen LogP contribution in [0.25, 0.3) is 0 Å². The van der Waals surface area contributed by atoms with Crippen LogP contribution in [0.3, 0.4) is 0 Å². The summed E-state index contributed by atoms with van der Waals surface area (Å²) in [5, 5.41) is 12.0. The van der Waals surface area contributed by atoms with Gasteiger partial charge in [-0.1, -0.05) is 11.3 Å². The molecule has 0 spiro atoms. The average Bonchev–Trinajstić information content (AvgIpc) is 2.48. The number of hydrogen-bond donors (Lipinski definition) is 2. The highest BCUT2D eigenvalue weighted by atomic mass is 32.1. The molecule has 1 atom stereocenters. The molecule has 5 heteroatoms. The van der Waals surface area contributed by atoms with Crippen LogP contribution in [0.2, 0.25) is 0 Å². The molecule has 1 rings (SSSR count). The van der Waals surface area contributed by atoms with Gasteiger partial charge in [0, 0.05) is 10.9 Å². The Labute approximate surface area is 81.4 Å². The third-order valence-electron chi connectivity index (χ3n) is 1.66. The van der Waals surface area contributed by atoms with Crippen LogP contribution < -0.4 is 10.5 Å². The van der Waals surface area contributed by atoms with Gasteiger partial charge in [-0.05, 0) is 13.8 Å². The highest BCUT2D eigenvalue weighted by Gasteiger charge is 2.26. The summed E-state index contributed by atoms with van der Waals surface area (Å²) in [5.74, 6) is 0. The van der Waals surface area contributed by atoms with Gasteiger partial charge in [0.1, 0.15) is 6.10 Å². The predicted molar refractivity (Wildman–Crippen MR) is 51.9 cm³/mol. The Hall–Kier alpha value is -0.650. The van der Waals surface area contributed by atoms with E-state index in [9.17, 15) is 5.11 Å². The predicted octanol–water partition coefficient (Wildman–Crippen LogP) is 0.922. The molecule has 3 N–H and O–H groups in total. The topological polar surface area (TPSA) is 68.4 Å². The average molecular weight is 202 g/mol. The lowest BCUT2D eigenvalue weighted by Crippen LogP contribution is -2.39. The molecular weight excluding hydrogens is 188 g/mol. The van der Waals surface area contributed by atoms with Crippen LogP contribution in [-0.2, 0) is 0 Å². The lowest BCUT2D eigenvalue weighted by Gasteiger charge is -2.23. The number of rotatable bonds is 3. The Morgan fingerprint density at radius 1 is 1.69 bits per heavy atom. The zero-order valence-corrected chi connectivity index (χ0v) is 8.76. The van der Waals surface area contributed by atoms with Crippen LogP contribution in [0.4, 0.5) is 0 Å². The fraction of sp³-hybridized carbons (Fsp3) is 0.625. The fourth-order valence-electron chi connectivity index (χ4n) is 0.869. The molecule has 1 heterocycles. The first-order valence-electron chi connectivity index (χ1n) is 3.91. The summed E-state index contributed by atoms with van der Waals surface area (Å²) in [6, 6.07) is 0. The Bertz CT molecular complexity index is 280. The first kappa shape index (κ1) is 10.4. The van der Waals surface area contributed by atoms with E-state index in [1.807, 2.05) is 0 Å². The first-order valence-corrected chi connectivity index (χ1v) is 4.79. The number of aliphatic hydroxyl groups excluding tert-OH is 1. The van der Waals surface area contributed by atoms with Gasteiger partial charge in [-0.2, -0.15) is 0 Å². The van der Waals surface area contributed by atoms with Crippen molar-refractivity contribution in [1.29, 1.82) is 0 Å². The Balaban J connectivity index is 2.83. The number of aromatic nitrogens is 1. The van der Waals surface area contributed by atoms with Crippen LogP contribution in [0, 0.1) is 0 Å². The van der Waals surface area contributed by atoms with Crippen LogP contribution in [0.1, 0.15) is 25.6 Å². The van der Waals surface area contributed by atoms with Crippen LogP contribution in [0.5, 0.6) is 5.19 Å². The van der Waals surface area contributed by atoms with Crippen LogP contribution in [-0.4, -0.2) is 22.7 Å². The van der Waals surface area contributed by atoms with E-state index in [4.69, 9.17) is 10.5 Å². The van der Waals surface area contributed by atoms with Crippen LogP contribution >= 0.6 is 11.3 Å². The molecule has 0 radical (unpaired) electrons. The third kappa shape index (κ3) is 2.40. The van der Waals surface area contributed by atoms with Crippen molar-refractivity contribution in [2.45, 2.75) is 25.5 Å². The third-order valence-corrected chi connectivity index (χ3v) is 2.48. The lowest BCUT2D eigenvalue weighted by molar-refractivity contribution is 0.101. The van der Waals surface area contributed by atoms with Gasteiger partial charge in [-0.3, -0.25) is 0 Å². The van der Waals surface area contributed by atoms with Crippen molar-refractivity contribution in [3.63, 3.8) is 0 Å². The molecule has 0 saturated carbocycles. The molecule has 0 aliphatic heterocycles.